The van der Waals surface area contributed by atoms with Crippen LogP contribution in [0.3, 0.4) is 0 Å². The summed E-state index contributed by atoms with van der Waals surface area (Å²) >= 11 is 0. The van der Waals surface area contributed by atoms with E-state index in [0.29, 0.717) is 37.4 Å². The smallest absolute Gasteiger partial charge is 0.294 e. The number of ether oxygens (including phenoxy) is 1. The van der Waals surface area contributed by atoms with Gasteiger partial charge in [0.15, 0.2) is 0 Å². The number of carbonyl (C=O) groups excluding carboxylic acids is 1. The van der Waals surface area contributed by atoms with Crippen molar-refractivity contribution in [3.05, 3.63) is 57.7 Å². The van der Waals surface area contributed by atoms with Gasteiger partial charge in [0.1, 0.15) is 11.6 Å². The van der Waals surface area contributed by atoms with Gasteiger partial charge >= 0.3 is 0 Å². The van der Waals surface area contributed by atoms with Gasteiger partial charge in [-0.3, -0.25) is 14.0 Å². The minimum atomic E-state index is -0.314. The zero-order chi connectivity index (χ0) is 21.8. The van der Waals surface area contributed by atoms with Crippen molar-refractivity contribution in [3.63, 3.8) is 0 Å². The lowest BCUT2D eigenvalue weighted by atomic mass is 9.99. The third-order valence-electron chi connectivity index (χ3n) is 6.57. The fraction of sp³-hybridized carbons (Fsp3) is 0.409. The van der Waals surface area contributed by atoms with E-state index in [4.69, 9.17) is 4.74 Å². The van der Waals surface area contributed by atoms with Gasteiger partial charge in [0.2, 0.25) is 5.65 Å². The summed E-state index contributed by atoms with van der Waals surface area (Å²) in [4.78, 5) is 35.2. The molecule has 1 N–H and O–H groups in total. The maximum atomic E-state index is 13.4. The Bertz CT molecular complexity index is 1410. The Morgan fingerprint density at radius 3 is 2.88 bits per heavy atom. The van der Waals surface area contributed by atoms with Crippen molar-refractivity contribution in [1.82, 2.24) is 34.0 Å². The van der Waals surface area contributed by atoms with Crippen LogP contribution in [0.25, 0.3) is 16.7 Å². The molecule has 6 rings (SSSR count). The van der Waals surface area contributed by atoms with Gasteiger partial charge in [-0.1, -0.05) is 0 Å². The number of imidazole rings is 1. The van der Waals surface area contributed by atoms with Crippen LogP contribution < -0.4 is 5.56 Å². The molecule has 0 bridgehead atoms. The molecule has 0 atom stereocenters. The normalized spacial score (nSPS) is 17.2. The van der Waals surface area contributed by atoms with Crippen molar-refractivity contribution in [2.75, 3.05) is 19.8 Å². The molecule has 1 saturated heterocycles. The molecular weight excluding hydrogens is 410 g/mol. The Morgan fingerprint density at radius 2 is 2.03 bits per heavy atom. The van der Waals surface area contributed by atoms with E-state index in [1.807, 2.05) is 23.6 Å². The number of hydrogen-bond acceptors (Lipinski definition) is 6. The number of aromatic nitrogens is 6. The highest BCUT2D eigenvalue weighted by atomic mass is 16.5. The van der Waals surface area contributed by atoms with Crippen LogP contribution in [0.4, 0.5) is 0 Å². The average Bonchev–Trinajstić information content (AvgIpc) is 3.47. The quantitative estimate of drug-likeness (QED) is 0.514. The molecule has 4 aromatic rings. The molecule has 0 saturated carbocycles. The summed E-state index contributed by atoms with van der Waals surface area (Å²) in [5.74, 6) is 1.78. The van der Waals surface area contributed by atoms with Crippen LogP contribution in [0, 0.1) is 6.92 Å². The first-order chi connectivity index (χ1) is 15.6. The van der Waals surface area contributed by atoms with Crippen molar-refractivity contribution in [1.29, 1.82) is 0 Å². The molecule has 2 aliphatic rings. The van der Waals surface area contributed by atoms with Crippen molar-refractivity contribution in [2.24, 2.45) is 0 Å². The van der Waals surface area contributed by atoms with Crippen LogP contribution in [0.15, 0.2) is 29.3 Å². The first kappa shape index (κ1) is 19.2. The number of carbonyl (C=O) groups is 1. The van der Waals surface area contributed by atoms with E-state index in [9.17, 15) is 9.59 Å². The van der Waals surface area contributed by atoms with Gasteiger partial charge in [-0.15, -0.1) is 10.2 Å². The van der Waals surface area contributed by atoms with Gasteiger partial charge in [0.05, 0.1) is 17.6 Å². The highest BCUT2D eigenvalue weighted by Crippen LogP contribution is 2.28. The Kier molecular flexibility index (Phi) is 4.35. The third-order valence-corrected chi connectivity index (χ3v) is 6.57. The number of fused-ring (bicyclic) bond motifs is 4. The summed E-state index contributed by atoms with van der Waals surface area (Å²) in [6.45, 7) is 5.08. The molecule has 0 unspecified atom stereocenters. The molecule has 0 aliphatic carbocycles. The number of nitrogens with zero attached hydrogens (tertiary/aromatic N) is 6. The van der Waals surface area contributed by atoms with Gasteiger partial charge in [0.25, 0.3) is 11.5 Å². The van der Waals surface area contributed by atoms with Gasteiger partial charge < -0.3 is 19.2 Å². The molecule has 32 heavy (non-hydrogen) atoms. The highest BCUT2D eigenvalue weighted by Gasteiger charge is 2.26. The van der Waals surface area contributed by atoms with E-state index in [2.05, 4.69) is 24.7 Å². The van der Waals surface area contributed by atoms with E-state index in [1.165, 1.54) is 0 Å². The van der Waals surface area contributed by atoms with Crippen LogP contribution in [-0.2, 0) is 17.8 Å². The van der Waals surface area contributed by atoms with Crippen LogP contribution >= 0.6 is 0 Å². The number of rotatable bonds is 2. The Balaban J connectivity index is 1.45. The number of aryl methyl sites for hydroxylation is 1. The van der Waals surface area contributed by atoms with Crippen LogP contribution in [0.5, 0.6) is 0 Å². The standard InChI is InChI=1S/C22H23N7O3/c1-13-10-17-16(11-15(13)22(31)28-7-6-27-5-4-23-18(27)12-28)24-21(30)20-26-25-19(29(17)20)14-2-8-32-9-3-14/h4-5,10-11,14H,2-3,6-9,12H2,1H3,(H,24,30). The van der Waals surface area contributed by atoms with Crippen molar-refractivity contribution >= 4 is 22.6 Å². The molecular formula is C22H23N7O3. The zero-order valence-corrected chi connectivity index (χ0v) is 17.7. The van der Waals surface area contributed by atoms with Crippen LogP contribution in [-0.4, -0.2) is 59.7 Å². The largest absolute Gasteiger partial charge is 0.381 e. The second kappa shape index (κ2) is 7.27. The first-order valence-corrected chi connectivity index (χ1v) is 10.9. The first-order valence-electron chi connectivity index (χ1n) is 10.9. The average molecular weight is 433 g/mol. The minimum Gasteiger partial charge on any atom is -0.381 e. The fourth-order valence-corrected chi connectivity index (χ4v) is 4.80. The Labute approximate surface area is 182 Å². The van der Waals surface area contributed by atoms with Gasteiger partial charge in [-0.05, 0) is 37.5 Å². The van der Waals surface area contributed by atoms with Crippen molar-refractivity contribution in [3.8, 4) is 0 Å². The molecule has 1 fully saturated rings. The monoisotopic (exact) mass is 433 g/mol. The van der Waals surface area contributed by atoms with E-state index in [-0.39, 0.29) is 23.0 Å². The predicted molar refractivity (Wildman–Crippen MR) is 116 cm³/mol. The van der Waals surface area contributed by atoms with Gasteiger partial charge in [-0.25, -0.2) is 4.98 Å². The van der Waals surface area contributed by atoms with Crippen LogP contribution in [0.2, 0.25) is 0 Å². The predicted octanol–water partition coefficient (Wildman–Crippen LogP) is 1.63. The maximum absolute atomic E-state index is 13.4. The van der Waals surface area contributed by atoms with E-state index < -0.39 is 0 Å². The van der Waals surface area contributed by atoms with Crippen molar-refractivity contribution < 1.29 is 9.53 Å². The summed E-state index contributed by atoms with van der Waals surface area (Å²) in [5, 5.41) is 8.52. The second-order valence-corrected chi connectivity index (χ2v) is 8.51. The Morgan fingerprint density at radius 1 is 1.19 bits per heavy atom. The SMILES string of the molecule is Cc1cc2c(cc1C(=O)N1CCn3ccnc3C1)[nH]c(=O)c1nnc(C3CCOCC3)n12. The molecule has 2 aliphatic heterocycles. The number of amides is 1. The zero-order valence-electron chi connectivity index (χ0n) is 17.7. The summed E-state index contributed by atoms with van der Waals surface area (Å²) in [6.07, 6.45) is 5.38. The molecule has 3 aromatic heterocycles. The number of benzene rings is 1. The lowest BCUT2D eigenvalue weighted by Crippen LogP contribution is -2.38. The van der Waals surface area contributed by atoms with Crippen molar-refractivity contribution in [2.45, 2.75) is 38.8 Å². The molecule has 10 heteroatoms. The lowest BCUT2D eigenvalue weighted by molar-refractivity contribution is 0.0707. The van der Waals surface area contributed by atoms with Gasteiger partial charge in [0, 0.05) is 50.2 Å². The number of H-pyrrole nitrogens is 1. The summed E-state index contributed by atoms with van der Waals surface area (Å²) in [5.41, 5.74) is 2.79. The highest BCUT2D eigenvalue weighted by molar-refractivity contribution is 5.99. The minimum absolute atomic E-state index is 0.0620. The molecule has 10 nitrogen and oxygen atoms in total. The fourth-order valence-electron chi connectivity index (χ4n) is 4.80. The van der Waals surface area contributed by atoms with E-state index in [0.717, 1.165) is 42.1 Å². The van der Waals surface area contributed by atoms with Gasteiger partial charge in [-0.2, -0.15) is 0 Å². The van der Waals surface area contributed by atoms with E-state index in [1.54, 1.807) is 17.2 Å². The third kappa shape index (κ3) is 2.94. The van der Waals surface area contributed by atoms with E-state index >= 15 is 0 Å². The molecule has 0 radical (unpaired) electrons. The maximum Gasteiger partial charge on any atom is 0.294 e. The Hall–Kier alpha value is -3.53. The molecule has 5 heterocycles. The summed E-state index contributed by atoms with van der Waals surface area (Å²) in [7, 11) is 0. The number of aromatic amines is 1. The second-order valence-electron chi connectivity index (χ2n) is 8.51. The van der Waals surface area contributed by atoms with Crippen LogP contribution in [0.1, 0.15) is 46.3 Å². The number of nitrogens with one attached hydrogen (secondary N) is 1. The molecule has 164 valence electrons. The topological polar surface area (TPSA) is 110 Å². The lowest BCUT2D eigenvalue weighted by Gasteiger charge is -2.28. The molecule has 1 amide bonds. The summed E-state index contributed by atoms with van der Waals surface area (Å²) in [6, 6.07) is 3.73. The molecule has 1 aromatic carbocycles. The number of hydrogen-bond donors (Lipinski definition) is 1. The summed E-state index contributed by atoms with van der Waals surface area (Å²) < 4.78 is 9.40. The molecule has 0 spiro atoms.